The van der Waals surface area contributed by atoms with Crippen molar-refractivity contribution >= 4 is 28.9 Å². The first-order valence-corrected chi connectivity index (χ1v) is 13.9. The summed E-state index contributed by atoms with van der Waals surface area (Å²) in [6.07, 6.45) is 8.14. The van der Waals surface area contributed by atoms with E-state index in [0.717, 1.165) is 23.4 Å². The first kappa shape index (κ1) is 25.5. The van der Waals surface area contributed by atoms with Gasteiger partial charge in [0.2, 0.25) is 5.91 Å². The summed E-state index contributed by atoms with van der Waals surface area (Å²) >= 11 is 5.85. The van der Waals surface area contributed by atoms with E-state index in [1.165, 1.54) is 42.6 Å². The summed E-state index contributed by atoms with van der Waals surface area (Å²) in [4.78, 5) is 19.9. The lowest BCUT2D eigenvalue weighted by Crippen LogP contribution is -2.33. The number of benzene rings is 1. The number of nitrogens with one attached hydrogen (secondary N) is 2. The fourth-order valence-electron chi connectivity index (χ4n) is 6.20. The molecule has 2 atom stereocenters. The van der Waals surface area contributed by atoms with E-state index in [-0.39, 0.29) is 18.0 Å². The lowest BCUT2D eigenvalue weighted by atomic mass is 9.96. The van der Waals surface area contributed by atoms with Gasteiger partial charge < -0.3 is 20.1 Å². The van der Waals surface area contributed by atoms with Crippen LogP contribution in [0.25, 0.3) is 0 Å². The Hall–Kier alpha value is -3.19. The zero-order valence-corrected chi connectivity index (χ0v) is 22.9. The second-order valence-corrected chi connectivity index (χ2v) is 10.7. The topological polar surface area (TPSA) is 62.2 Å². The number of anilines is 1. The van der Waals surface area contributed by atoms with Crippen LogP contribution in [0.2, 0.25) is 0 Å². The van der Waals surface area contributed by atoms with E-state index >= 15 is 0 Å². The van der Waals surface area contributed by atoms with Gasteiger partial charge in [-0.1, -0.05) is 44.0 Å². The van der Waals surface area contributed by atoms with Crippen LogP contribution in [0.4, 0.5) is 5.69 Å². The van der Waals surface area contributed by atoms with Crippen molar-refractivity contribution < 1.29 is 4.79 Å². The quantitative estimate of drug-likeness (QED) is 0.351. The lowest BCUT2D eigenvalue weighted by Gasteiger charge is -2.28. The molecule has 1 aromatic carbocycles. The zero-order valence-electron chi connectivity index (χ0n) is 22.0. The van der Waals surface area contributed by atoms with Crippen LogP contribution in [0.15, 0.2) is 54.7 Å². The third-order valence-corrected chi connectivity index (χ3v) is 8.33. The number of aromatic nitrogens is 2. The summed E-state index contributed by atoms with van der Waals surface area (Å²) < 4.78 is 2.53. The van der Waals surface area contributed by atoms with Gasteiger partial charge in [0.05, 0.1) is 17.8 Å². The maximum absolute atomic E-state index is 13.0. The van der Waals surface area contributed by atoms with Crippen molar-refractivity contribution in [2.75, 3.05) is 11.9 Å². The maximum Gasteiger partial charge on any atom is 0.226 e. The first-order valence-electron chi connectivity index (χ1n) is 13.5. The molecule has 5 rings (SSSR count). The smallest absolute Gasteiger partial charge is 0.226 e. The van der Waals surface area contributed by atoms with Gasteiger partial charge in [-0.05, 0) is 80.7 Å². The summed E-state index contributed by atoms with van der Waals surface area (Å²) in [6.45, 7) is 7.09. The summed E-state index contributed by atoms with van der Waals surface area (Å²) in [5.41, 5.74) is 6.86. The second-order valence-electron chi connectivity index (χ2n) is 10.3. The van der Waals surface area contributed by atoms with Crippen molar-refractivity contribution in [2.45, 2.75) is 77.4 Å². The molecule has 0 unspecified atom stereocenters. The van der Waals surface area contributed by atoms with Gasteiger partial charge >= 0.3 is 0 Å². The van der Waals surface area contributed by atoms with E-state index in [4.69, 9.17) is 12.2 Å². The molecule has 1 amide bonds. The number of pyridine rings is 1. The molecule has 2 N–H and O–H groups in total. The molecular formula is C30H37N5OS. The van der Waals surface area contributed by atoms with Crippen LogP contribution in [0.1, 0.15) is 85.4 Å². The van der Waals surface area contributed by atoms with Gasteiger partial charge in [0.1, 0.15) is 0 Å². The SMILES string of the molecule is CCc1ccccc1NC(=O)CCN1C(=S)N[C@@H](c2ccccn2)[C@H]1c1cc(C)n(C2CCCC2)c1C. The fraction of sp³-hybridized carbons (Fsp3) is 0.433. The number of carbonyl (C=O) groups is 1. The van der Waals surface area contributed by atoms with Crippen molar-refractivity contribution in [3.8, 4) is 0 Å². The van der Waals surface area contributed by atoms with E-state index in [0.29, 0.717) is 24.1 Å². The molecule has 1 saturated heterocycles. The van der Waals surface area contributed by atoms with Crippen molar-refractivity contribution in [3.63, 3.8) is 0 Å². The minimum atomic E-state index is -0.0740. The third-order valence-electron chi connectivity index (χ3n) is 7.98. The monoisotopic (exact) mass is 515 g/mol. The van der Waals surface area contributed by atoms with Gasteiger partial charge in [-0.2, -0.15) is 0 Å². The van der Waals surface area contributed by atoms with Crippen molar-refractivity contribution in [1.29, 1.82) is 0 Å². The highest BCUT2D eigenvalue weighted by Gasteiger charge is 2.41. The highest BCUT2D eigenvalue weighted by molar-refractivity contribution is 7.80. The number of thiocarbonyl (C=S) groups is 1. The van der Waals surface area contributed by atoms with Crippen LogP contribution in [-0.2, 0) is 11.2 Å². The molecule has 7 heteroatoms. The van der Waals surface area contributed by atoms with Crippen molar-refractivity contribution in [2.24, 2.45) is 0 Å². The molecule has 1 aliphatic carbocycles. The molecule has 0 bridgehead atoms. The van der Waals surface area contributed by atoms with E-state index in [9.17, 15) is 4.79 Å². The van der Waals surface area contributed by atoms with E-state index in [1.54, 1.807) is 0 Å². The Bertz CT molecular complexity index is 1260. The Morgan fingerprint density at radius 2 is 1.89 bits per heavy atom. The van der Waals surface area contributed by atoms with Gasteiger partial charge in [0.25, 0.3) is 0 Å². The molecule has 0 spiro atoms. The molecule has 6 nitrogen and oxygen atoms in total. The Labute approximate surface area is 225 Å². The number of rotatable bonds is 8. The molecule has 0 radical (unpaired) electrons. The predicted molar refractivity (Wildman–Crippen MR) is 153 cm³/mol. The number of para-hydroxylation sites is 1. The van der Waals surface area contributed by atoms with Crippen LogP contribution in [0.3, 0.4) is 0 Å². The van der Waals surface area contributed by atoms with Crippen LogP contribution in [-0.4, -0.2) is 32.0 Å². The Balaban J connectivity index is 1.42. The number of amides is 1. The number of aryl methyl sites for hydroxylation is 2. The van der Waals surface area contributed by atoms with Gasteiger partial charge in [-0.25, -0.2) is 0 Å². The van der Waals surface area contributed by atoms with Crippen molar-refractivity contribution in [3.05, 3.63) is 82.9 Å². The summed E-state index contributed by atoms with van der Waals surface area (Å²) in [7, 11) is 0. The molecule has 3 aromatic rings. The number of hydrogen-bond donors (Lipinski definition) is 2. The highest BCUT2D eigenvalue weighted by atomic mass is 32.1. The van der Waals surface area contributed by atoms with Gasteiger partial charge in [-0.15, -0.1) is 0 Å². The standard InChI is InChI=1S/C30H37N5OS/c1-4-22-11-5-8-14-25(22)32-27(36)16-18-34-29(28(33-30(34)37)26-15-9-10-17-31-26)24-19-20(2)35(21(24)3)23-12-6-7-13-23/h5,8-11,14-15,17,19,23,28-29H,4,6-7,12-13,16,18H2,1-3H3,(H,32,36)(H,33,37)/t28-,29+/m0/s1. The number of nitrogens with zero attached hydrogens (tertiary/aromatic N) is 3. The summed E-state index contributed by atoms with van der Waals surface area (Å²) in [5, 5.41) is 7.33. The number of carbonyl (C=O) groups excluding carboxylic acids is 1. The average Bonchev–Trinajstić information content (AvgIpc) is 3.61. The molecule has 2 aliphatic rings. The Morgan fingerprint density at radius 1 is 1.14 bits per heavy atom. The molecular weight excluding hydrogens is 478 g/mol. The van der Waals surface area contributed by atoms with E-state index in [2.05, 4.69) is 64.1 Å². The lowest BCUT2D eigenvalue weighted by molar-refractivity contribution is -0.116. The average molecular weight is 516 g/mol. The van der Waals surface area contributed by atoms with E-state index in [1.807, 2.05) is 36.5 Å². The number of hydrogen-bond acceptors (Lipinski definition) is 3. The van der Waals surface area contributed by atoms with Gasteiger partial charge in [0, 0.05) is 42.3 Å². The second kappa shape index (κ2) is 11.1. The normalized spacial score (nSPS) is 19.9. The predicted octanol–water partition coefficient (Wildman–Crippen LogP) is 6.18. The molecule has 1 saturated carbocycles. The first-order chi connectivity index (χ1) is 18.0. The zero-order chi connectivity index (χ0) is 25.9. The Morgan fingerprint density at radius 3 is 2.62 bits per heavy atom. The third kappa shape index (κ3) is 5.14. The molecule has 2 fully saturated rings. The summed E-state index contributed by atoms with van der Waals surface area (Å²) in [6, 6.07) is 16.8. The largest absolute Gasteiger partial charge is 0.352 e. The van der Waals surface area contributed by atoms with Gasteiger partial charge in [0.15, 0.2) is 5.11 Å². The summed E-state index contributed by atoms with van der Waals surface area (Å²) in [5.74, 6) is 0.000152. The molecule has 1 aliphatic heterocycles. The molecule has 2 aromatic heterocycles. The molecule has 3 heterocycles. The van der Waals surface area contributed by atoms with Crippen LogP contribution in [0, 0.1) is 13.8 Å². The molecule has 194 valence electrons. The van der Waals surface area contributed by atoms with Crippen LogP contribution in [0.5, 0.6) is 0 Å². The molecule has 37 heavy (non-hydrogen) atoms. The fourth-order valence-corrected chi connectivity index (χ4v) is 6.53. The van der Waals surface area contributed by atoms with Crippen LogP contribution >= 0.6 is 12.2 Å². The van der Waals surface area contributed by atoms with Crippen molar-refractivity contribution in [1.82, 2.24) is 19.8 Å². The highest BCUT2D eigenvalue weighted by Crippen LogP contribution is 2.43. The van der Waals surface area contributed by atoms with E-state index < -0.39 is 0 Å². The van der Waals surface area contributed by atoms with Gasteiger partial charge in [-0.3, -0.25) is 9.78 Å². The maximum atomic E-state index is 13.0. The minimum absolute atomic E-state index is 0.000152. The van der Waals surface area contributed by atoms with Crippen LogP contribution < -0.4 is 10.6 Å². The minimum Gasteiger partial charge on any atom is -0.352 e. The Kier molecular flexibility index (Phi) is 7.60.